The molecule has 1 unspecified atom stereocenters. The first kappa shape index (κ1) is 29.9. The molecule has 1 atom stereocenters. The minimum atomic E-state index is -0.955. The van der Waals surface area contributed by atoms with E-state index in [0.29, 0.717) is 49.5 Å². The molecule has 8 nitrogen and oxygen atoms in total. The predicted molar refractivity (Wildman–Crippen MR) is 163 cm³/mol. The highest BCUT2D eigenvalue weighted by molar-refractivity contribution is 8.00. The summed E-state index contributed by atoms with van der Waals surface area (Å²) in [5, 5.41) is 20.6. The van der Waals surface area contributed by atoms with E-state index in [2.05, 4.69) is 29.0 Å². The van der Waals surface area contributed by atoms with Gasteiger partial charge in [-0.1, -0.05) is 61.2 Å². The van der Waals surface area contributed by atoms with Crippen LogP contribution in [0.5, 0.6) is 5.75 Å². The Balaban J connectivity index is 1.49. The number of ketones is 1. The smallest absolute Gasteiger partial charge is 0.296 e. The molecule has 12 heteroatoms. The third-order valence-corrected chi connectivity index (χ3v) is 9.78. The molecule has 2 aromatic heterocycles. The van der Waals surface area contributed by atoms with Crippen molar-refractivity contribution in [3.05, 3.63) is 92.4 Å². The van der Waals surface area contributed by atoms with Crippen molar-refractivity contribution in [2.24, 2.45) is 5.92 Å². The van der Waals surface area contributed by atoms with E-state index in [-0.39, 0.29) is 16.5 Å². The summed E-state index contributed by atoms with van der Waals surface area (Å²) in [4.78, 5) is 33.5. The Morgan fingerprint density at radius 3 is 2.60 bits per heavy atom. The number of hydrogen-bond donors (Lipinski definition) is 1. The van der Waals surface area contributed by atoms with Gasteiger partial charge in [-0.05, 0) is 61.6 Å². The van der Waals surface area contributed by atoms with Crippen molar-refractivity contribution in [2.45, 2.75) is 50.3 Å². The molecule has 42 heavy (non-hydrogen) atoms. The van der Waals surface area contributed by atoms with Crippen LogP contribution < -0.4 is 9.64 Å². The van der Waals surface area contributed by atoms with Crippen LogP contribution in [0.4, 0.5) is 9.52 Å². The van der Waals surface area contributed by atoms with Crippen molar-refractivity contribution in [1.29, 1.82) is 0 Å². The molecule has 0 spiro atoms. The number of benzene rings is 2. The number of aromatic nitrogens is 3. The number of aliphatic hydroxyl groups is 1. The monoisotopic (exact) mass is 624 g/mol. The van der Waals surface area contributed by atoms with Crippen LogP contribution in [0.3, 0.4) is 0 Å². The SMILES string of the molecule is Cc1nc(C)c(C(=O)C2=C(O)C(=O)N(c3nnc(SCc4ccc(F)cc4)s3)C2c2cccc(OCCC(C)C)c2)s1. The number of rotatable bonds is 11. The topological polar surface area (TPSA) is 106 Å². The molecule has 2 aromatic carbocycles. The van der Waals surface area contributed by atoms with Crippen LogP contribution in [0.15, 0.2) is 64.2 Å². The van der Waals surface area contributed by atoms with E-state index >= 15 is 0 Å². The maximum absolute atomic E-state index is 13.9. The number of ether oxygens (including phenoxy) is 1. The standard InChI is InChI=1S/C30H29FN4O4S3/c1-16(2)12-13-39-22-7-5-6-20(14-22)24-23(25(36)27-17(3)32-18(4)41-27)26(37)28(38)35(24)29-33-34-30(42-29)40-15-19-8-10-21(31)11-9-19/h5-11,14,16,24,37H,12-13,15H2,1-4H3. The van der Waals surface area contributed by atoms with Crippen molar-refractivity contribution in [2.75, 3.05) is 11.5 Å². The van der Waals surface area contributed by atoms with Gasteiger partial charge in [0.15, 0.2) is 10.1 Å². The van der Waals surface area contributed by atoms with Gasteiger partial charge in [0, 0.05) is 5.75 Å². The zero-order valence-corrected chi connectivity index (χ0v) is 25.9. The van der Waals surface area contributed by atoms with E-state index in [1.807, 2.05) is 6.07 Å². The first-order chi connectivity index (χ1) is 20.1. The fraction of sp³-hybridized carbons (Fsp3) is 0.300. The maximum Gasteiger partial charge on any atom is 0.296 e. The number of aliphatic hydroxyl groups excluding tert-OH is 1. The Hall–Kier alpha value is -3.61. The number of aryl methyl sites for hydroxylation is 2. The number of thiazole rings is 1. The van der Waals surface area contributed by atoms with Gasteiger partial charge in [-0.15, -0.1) is 21.5 Å². The van der Waals surface area contributed by atoms with Gasteiger partial charge in [0.1, 0.15) is 11.6 Å². The molecule has 5 rings (SSSR count). The normalized spacial score (nSPS) is 15.2. The average molecular weight is 625 g/mol. The number of anilines is 1. The summed E-state index contributed by atoms with van der Waals surface area (Å²) in [6.07, 6.45) is 0.871. The Labute approximate surface area is 255 Å². The first-order valence-electron chi connectivity index (χ1n) is 13.3. The van der Waals surface area contributed by atoms with Crippen molar-refractivity contribution < 1.29 is 23.8 Å². The van der Waals surface area contributed by atoms with Crippen LogP contribution in [0.2, 0.25) is 0 Å². The van der Waals surface area contributed by atoms with Gasteiger partial charge in [0.05, 0.1) is 33.8 Å². The molecule has 218 valence electrons. The summed E-state index contributed by atoms with van der Waals surface area (Å²) < 4.78 is 19.8. The van der Waals surface area contributed by atoms with Gasteiger partial charge in [-0.25, -0.2) is 9.37 Å². The molecule has 0 bridgehead atoms. The number of nitrogens with zero attached hydrogens (tertiary/aromatic N) is 4. The van der Waals surface area contributed by atoms with Gasteiger partial charge >= 0.3 is 0 Å². The minimum Gasteiger partial charge on any atom is -0.503 e. The molecule has 1 aliphatic heterocycles. The molecule has 1 N–H and O–H groups in total. The lowest BCUT2D eigenvalue weighted by Gasteiger charge is -2.24. The van der Waals surface area contributed by atoms with E-state index in [0.717, 1.165) is 12.0 Å². The fourth-order valence-corrected chi connectivity index (χ4v) is 7.18. The van der Waals surface area contributed by atoms with Gasteiger partial charge < -0.3 is 9.84 Å². The number of Topliss-reactive ketones (excluding diaryl/α,β-unsaturated/α-hetero) is 1. The summed E-state index contributed by atoms with van der Waals surface area (Å²) in [5.74, 6) is -0.541. The lowest BCUT2D eigenvalue weighted by Crippen LogP contribution is -2.31. The number of thioether (sulfide) groups is 1. The predicted octanol–water partition coefficient (Wildman–Crippen LogP) is 7.25. The molecule has 0 saturated heterocycles. The van der Waals surface area contributed by atoms with Crippen LogP contribution in [-0.2, 0) is 10.5 Å². The molecular weight excluding hydrogens is 596 g/mol. The third-order valence-electron chi connectivity index (χ3n) is 6.58. The first-order valence-corrected chi connectivity index (χ1v) is 15.9. The number of halogens is 1. The molecule has 0 aliphatic carbocycles. The van der Waals surface area contributed by atoms with E-state index < -0.39 is 23.5 Å². The van der Waals surface area contributed by atoms with Crippen LogP contribution in [0.1, 0.15) is 57.8 Å². The van der Waals surface area contributed by atoms with Gasteiger partial charge in [0.2, 0.25) is 10.9 Å². The lowest BCUT2D eigenvalue weighted by molar-refractivity contribution is -0.117. The number of hydrogen-bond acceptors (Lipinski definition) is 10. The van der Waals surface area contributed by atoms with Crippen LogP contribution in [0.25, 0.3) is 0 Å². The van der Waals surface area contributed by atoms with E-state index in [1.165, 1.54) is 51.5 Å². The minimum absolute atomic E-state index is 0.0400. The van der Waals surface area contributed by atoms with E-state index in [4.69, 9.17) is 4.74 Å². The van der Waals surface area contributed by atoms with Crippen molar-refractivity contribution >= 4 is 51.3 Å². The molecule has 4 aromatic rings. The Bertz CT molecular complexity index is 1650. The second-order valence-electron chi connectivity index (χ2n) is 10.2. The van der Waals surface area contributed by atoms with Crippen LogP contribution in [0, 0.1) is 25.6 Å². The third kappa shape index (κ3) is 6.40. The van der Waals surface area contributed by atoms with Gasteiger partial charge in [0.25, 0.3) is 5.91 Å². The molecule has 1 amide bonds. The summed E-state index contributed by atoms with van der Waals surface area (Å²) in [6.45, 7) is 8.29. The Morgan fingerprint density at radius 1 is 1.14 bits per heavy atom. The molecule has 1 aliphatic rings. The van der Waals surface area contributed by atoms with Crippen molar-refractivity contribution in [3.8, 4) is 5.75 Å². The summed E-state index contributed by atoms with van der Waals surface area (Å²) >= 11 is 3.79. The number of carbonyl (C=O) groups excluding carboxylic acids is 2. The Morgan fingerprint density at radius 2 is 1.90 bits per heavy atom. The largest absolute Gasteiger partial charge is 0.503 e. The number of amides is 1. The van der Waals surface area contributed by atoms with Crippen LogP contribution >= 0.6 is 34.4 Å². The molecule has 3 heterocycles. The Kier molecular flexibility index (Phi) is 9.05. The summed E-state index contributed by atoms with van der Waals surface area (Å²) in [5.41, 5.74) is 1.99. The van der Waals surface area contributed by atoms with Crippen molar-refractivity contribution in [1.82, 2.24) is 15.2 Å². The second kappa shape index (κ2) is 12.7. The average Bonchev–Trinajstić information content (AvgIpc) is 3.63. The highest BCUT2D eigenvalue weighted by atomic mass is 32.2. The van der Waals surface area contributed by atoms with Crippen LogP contribution in [-0.4, -0.2) is 38.6 Å². The molecule has 0 radical (unpaired) electrons. The van der Waals surface area contributed by atoms with Crippen molar-refractivity contribution in [3.63, 3.8) is 0 Å². The lowest BCUT2D eigenvalue weighted by atomic mass is 9.95. The summed E-state index contributed by atoms with van der Waals surface area (Å²) in [6, 6.07) is 12.4. The molecule has 0 fully saturated rings. The van der Waals surface area contributed by atoms with Gasteiger partial charge in [-0.2, -0.15) is 0 Å². The second-order valence-corrected chi connectivity index (χ2v) is 13.6. The van der Waals surface area contributed by atoms with E-state index in [9.17, 15) is 19.1 Å². The molecule has 0 saturated carbocycles. The highest BCUT2D eigenvalue weighted by Gasteiger charge is 2.46. The zero-order valence-electron chi connectivity index (χ0n) is 23.5. The molecular formula is C30H29FN4O4S3. The highest BCUT2D eigenvalue weighted by Crippen LogP contribution is 2.45. The fourth-order valence-electron chi connectivity index (χ4n) is 4.48. The number of carbonyl (C=O) groups is 2. The van der Waals surface area contributed by atoms with E-state index in [1.54, 1.807) is 44.2 Å². The zero-order chi connectivity index (χ0) is 30.0. The summed E-state index contributed by atoms with van der Waals surface area (Å²) in [7, 11) is 0. The quantitative estimate of drug-likeness (QED) is 0.106. The van der Waals surface area contributed by atoms with Gasteiger partial charge in [-0.3, -0.25) is 14.5 Å². The maximum atomic E-state index is 13.9.